The van der Waals surface area contributed by atoms with Gasteiger partial charge in [0.15, 0.2) is 0 Å². The number of amides is 2. The van der Waals surface area contributed by atoms with Crippen molar-refractivity contribution < 1.29 is 23.5 Å². The van der Waals surface area contributed by atoms with Crippen molar-refractivity contribution in [3.05, 3.63) is 29.6 Å². The van der Waals surface area contributed by atoms with Crippen LogP contribution >= 0.6 is 0 Å². The van der Waals surface area contributed by atoms with E-state index in [0.29, 0.717) is 37.6 Å². The lowest BCUT2D eigenvalue weighted by Gasteiger charge is -2.32. The second kappa shape index (κ2) is 8.06. The van der Waals surface area contributed by atoms with E-state index in [4.69, 9.17) is 4.74 Å². The SMILES string of the molecule is CCOC(=O)[C@@H]1CCCN(C(=O)c2cc(F)ccc2NC(=O)[C@H]2C[C@H]2C)C1. The molecule has 1 aliphatic heterocycles. The fraction of sp³-hybridized carbons (Fsp3) is 0.550. The number of esters is 1. The van der Waals surface area contributed by atoms with Gasteiger partial charge in [-0.3, -0.25) is 14.4 Å². The number of carbonyl (C=O) groups excluding carboxylic acids is 3. The molecule has 0 bridgehead atoms. The van der Waals surface area contributed by atoms with Gasteiger partial charge < -0.3 is 15.0 Å². The normalized spacial score (nSPS) is 24.3. The molecule has 3 rings (SSSR count). The number of anilines is 1. The van der Waals surface area contributed by atoms with Crippen molar-refractivity contribution in [1.82, 2.24) is 4.90 Å². The van der Waals surface area contributed by atoms with Gasteiger partial charge >= 0.3 is 5.97 Å². The zero-order chi connectivity index (χ0) is 19.6. The van der Waals surface area contributed by atoms with Crippen LogP contribution in [0.5, 0.6) is 0 Å². The van der Waals surface area contributed by atoms with Gasteiger partial charge in [0.1, 0.15) is 5.82 Å². The molecule has 2 amide bonds. The van der Waals surface area contributed by atoms with E-state index in [1.807, 2.05) is 6.92 Å². The summed E-state index contributed by atoms with van der Waals surface area (Å²) >= 11 is 0. The van der Waals surface area contributed by atoms with Gasteiger partial charge in [0.05, 0.1) is 23.8 Å². The minimum Gasteiger partial charge on any atom is -0.466 e. The topological polar surface area (TPSA) is 75.7 Å². The summed E-state index contributed by atoms with van der Waals surface area (Å²) in [6, 6.07) is 3.78. The number of hydrogen-bond donors (Lipinski definition) is 1. The molecule has 1 saturated carbocycles. The minimum atomic E-state index is -0.546. The second-order valence-corrected chi connectivity index (χ2v) is 7.34. The predicted octanol–water partition coefficient (Wildman–Crippen LogP) is 2.84. The molecular weight excluding hydrogens is 351 g/mol. The van der Waals surface area contributed by atoms with Crippen LogP contribution in [0, 0.1) is 23.6 Å². The zero-order valence-electron chi connectivity index (χ0n) is 15.7. The Kier molecular flexibility index (Phi) is 5.77. The maximum atomic E-state index is 13.8. The van der Waals surface area contributed by atoms with E-state index >= 15 is 0 Å². The average molecular weight is 376 g/mol. The first-order valence-corrected chi connectivity index (χ1v) is 9.47. The van der Waals surface area contributed by atoms with E-state index < -0.39 is 5.82 Å². The molecule has 1 aromatic rings. The lowest BCUT2D eigenvalue weighted by atomic mass is 9.97. The Morgan fingerprint density at radius 3 is 2.74 bits per heavy atom. The van der Waals surface area contributed by atoms with E-state index in [-0.39, 0.29) is 41.7 Å². The fourth-order valence-electron chi connectivity index (χ4n) is 3.50. The monoisotopic (exact) mass is 376 g/mol. The first-order chi connectivity index (χ1) is 12.9. The Morgan fingerprint density at radius 1 is 1.33 bits per heavy atom. The molecule has 1 N–H and O–H groups in total. The van der Waals surface area contributed by atoms with Crippen LogP contribution in [0.15, 0.2) is 18.2 Å². The molecule has 2 fully saturated rings. The lowest BCUT2D eigenvalue weighted by Crippen LogP contribution is -2.43. The van der Waals surface area contributed by atoms with E-state index in [2.05, 4.69) is 5.32 Å². The van der Waals surface area contributed by atoms with Crippen molar-refractivity contribution in [2.45, 2.75) is 33.1 Å². The molecule has 1 heterocycles. The van der Waals surface area contributed by atoms with Gasteiger partial charge in [-0.2, -0.15) is 0 Å². The highest BCUT2D eigenvalue weighted by Gasteiger charge is 2.39. The van der Waals surface area contributed by atoms with Crippen LogP contribution in [0.1, 0.15) is 43.5 Å². The summed E-state index contributed by atoms with van der Waals surface area (Å²) in [4.78, 5) is 38.8. The maximum absolute atomic E-state index is 13.8. The van der Waals surface area contributed by atoms with Gasteiger partial charge in [0, 0.05) is 19.0 Å². The number of ether oxygens (including phenoxy) is 1. The summed E-state index contributed by atoms with van der Waals surface area (Å²) in [5, 5.41) is 2.76. The van der Waals surface area contributed by atoms with E-state index in [0.717, 1.165) is 12.5 Å². The minimum absolute atomic E-state index is 0.0545. The number of likely N-dealkylation sites (tertiary alicyclic amines) is 1. The molecule has 1 saturated heterocycles. The summed E-state index contributed by atoms with van der Waals surface area (Å²) in [6.45, 7) is 4.75. The molecular formula is C20H25FN2O4. The van der Waals surface area contributed by atoms with Crippen LogP contribution in [-0.4, -0.2) is 42.4 Å². The quantitative estimate of drug-likeness (QED) is 0.802. The first kappa shape index (κ1) is 19.3. The van der Waals surface area contributed by atoms with E-state index in [1.165, 1.54) is 17.0 Å². The molecule has 7 heteroatoms. The van der Waals surface area contributed by atoms with Gasteiger partial charge in [-0.15, -0.1) is 0 Å². The number of nitrogens with one attached hydrogen (secondary N) is 1. The summed E-state index contributed by atoms with van der Waals surface area (Å²) < 4.78 is 18.9. The van der Waals surface area contributed by atoms with Gasteiger partial charge in [0.25, 0.3) is 5.91 Å². The molecule has 27 heavy (non-hydrogen) atoms. The highest BCUT2D eigenvalue weighted by atomic mass is 19.1. The van der Waals surface area contributed by atoms with Crippen molar-refractivity contribution in [3.8, 4) is 0 Å². The van der Waals surface area contributed by atoms with Gasteiger partial charge in [0.2, 0.25) is 5.91 Å². The van der Waals surface area contributed by atoms with Crippen LogP contribution in [0.4, 0.5) is 10.1 Å². The Morgan fingerprint density at radius 2 is 2.07 bits per heavy atom. The fourth-order valence-corrected chi connectivity index (χ4v) is 3.50. The number of nitrogens with zero attached hydrogens (tertiary/aromatic N) is 1. The summed E-state index contributed by atoms with van der Waals surface area (Å²) in [7, 11) is 0. The number of piperidine rings is 1. The molecule has 0 radical (unpaired) electrons. The summed E-state index contributed by atoms with van der Waals surface area (Å²) in [5.74, 6) is -1.49. The Bertz CT molecular complexity index is 751. The molecule has 0 unspecified atom stereocenters. The van der Waals surface area contributed by atoms with Crippen molar-refractivity contribution in [1.29, 1.82) is 0 Å². The van der Waals surface area contributed by atoms with Gasteiger partial charge in [-0.25, -0.2) is 4.39 Å². The van der Waals surface area contributed by atoms with Crippen molar-refractivity contribution in [3.63, 3.8) is 0 Å². The third-order valence-electron chi connectivity index (χ3n) is 5.24. The molecule has 1 aliphatic carbocycles. The lowest BCUT2D eigenvalue weighted by molar-refractivity contribution is -0.149. The van der Waals surface area contributed by atoms with Crippen LogP contribution < -0.4 is 5.32 Å². The predicted molar refractivity (Wildman–Crippen MR) is 97.6 cm³/mol. The van der Waals surface area contributed by atoms with Crippen LogP contribution in [0.3, 0.4) is 0 Å². The van der Waals surface area contributed by atoms with Crippen LogP contribution in [0.2, 0.25) is 0 Å². The van der Waals surface area contributed by atoms with Gasteiger partial charge in [-0.1, -0.05) is 6.92 Å². The largest absolute Gasteiger partial charge is 0.466 e. The van der Waals surface area contributed by atoms with Crippen LogP contribution in [-0.2, 0) is 14.3 Å². The zero-order valence-corrected chi connectivity index (χ0v) is 15.7. The number of hydrogen-bond acceptors (Lipinski definition) is 4. The summed E-state index contributed by atoms with van der Waals surface area (Å²) in [5.41, 5.74) is 0.421. The second-order valence-electron chi connectivity index (χ2n) is 7.34. The Balaban J connectivity index is 1.76. The average Bonchev–Trinajstić information content (AvgIpc) is 3.40. The number of rotatable bonds is 5. The third-order valence-corrected chi connectivity index (χ3v) is 5.24. The number of carbonyl (C=O) groups is 3. The van der Waals surface area contributed by atoms with Crippen molar-refractivity contribution in [2.75, 3.05) is 25.0 Å². The van der Waals surface area contributed by atoms with Crippen LogP contribution in [0.25, 0.3) is 0 Å². The molecule has 0 aromatic heterocycles. The van der Waals surface area contributed by atoms with E-state index in [1.54, 1.807) is 6.92 Å². The molecule has 3 atom stereocenters. The van der Waals surface area contributed by atoms with Crippen molar-refractivity contribution >= 4 is 23.5 Å². The molecule has 146 valence electrons. The highest BCUT2D eigenvalue weighted by molar-refractivity contribution is 6.04. The molecule has 1 aromatic carbocycles. The van der Waals surface area contributed by atoms with E-state index in [9.17, 15) is 18.8 Å². The molecule has 2 aliphatic rings. The highest BCUT2D eigenvalue weighted by Crippen LogP contribution is 2.38. The summed E-state index contributed by atoms with van der Waals surface area (Å²) in [6.07, 6.45) is 2.16. The van der Waals surface area contributed by atoms with Crippen molar-refractivity contribution in [2.24, 2.45) is 17.8 Å². The smallest absolute Gasteiger partial charge is 0.310 e. The third kappa shape index (κ3) is 4.46. The maximum Gasteiger partial charge on any atom is 0.310 e. The molecule has 6 nitrogen and oxygen atoms in total. The Hall–Kier alpha value is -2.44. The standard InChI is InChI=1S/C20H25FN2O4/c1-3-27-20(26)13-5-4-8-23(11-13)19(25)16-10-14(21)6-7-17(16)22-18(24)15-9-12(15)2/h6-7,10,12-13,15H,3-5,8-9,11H2,1-2H3,(H,22,24)/t12-,13-,15+/m1/s1. The number of benzene rings is 1. The molecule has 0 spiro atoms. The van der Waals surface area contributed by atoms with Gasteiger partial charge in [-0.05, 0) is 50.3 Å². The first-order valence-electron chi connectivity index (χ1n) is 9.47. The Labute approximate surface area is 158 Å². The number of halogens is 1.